The lowest BCUT2D eigenvalue weighted by Gasteiger charge is -2.11. The van der Waals surface area contributed by atoms with Crippen molar-refractivity contribution in [1.29, 1.82) is 0 Å². The number of methoxy groups -OCH3 is 1. The molecule has 0 spiro atoms. The molecule has 2 N–H and O–H groups in total. The fourth-order valence-electron chi connectivity index (χ4n) is 1.94. The van der Waals surface area contributed by atoms with Gasteiger partial charge in [-0.2, -0.15) is 0 Å². The van der Waals surface area contributed by atoms with Crippen molar-refractivity contribution in [1.82, 2.24) is 5.32 Å². The van der Waals surface area contributed by atoms with Gasteiger partial charge in [0.1, 0.15) is 12.4 Å². The molecule has 1 aliphatic heterocycles. The van der Waals surface area contributed by atoms with E-state index in [2.05, 4.69) is 10.6 Å². The first-order chi connectivity index (χ1) is 9.69. The van der Waals surface area contributed by atoms with Gasteiger partial charge in [-0.25, -0.2) is 0 Å². The fourth-order valence-corrected chi connectivity index (χ4v) is 1.94. The minimum absolute atomic E-state index is 0.0817. The molecule has 1 aromatic carbocycles. The Bertz CT molecular complexity index is 490. The summed E-state index contributed by atoms with van der Waals surface area (Å²) >= 11 is 0. The Kier molecular flexibility index (Phi) is 4.95. The number of rotatable bonds is 6. The molecule has 108 valence electrons. The Morgan fingerprint density at radius 3 is 3.00 bits per heavy atom. The van der Waals surface area contributed by atoms with Gasteiger partial charge in [-0.15, -0.1) is 0 Å². The fraction of sp³-hybridized carbons (Fsp3) is 0.429. The Morgan fingerprint density at radius 2 is 2.30 bits per heavy atom. The average Bonchev–Trinajstić information content (AvgIpc) is 2.86. The van der Waals surface area contributed by atoms with Crippen LogP contribution in [0.25, 0.3) is 0 Å². The van der Waals surface area contributed by atoms with Crippen LogP contribution < -0.4 is 15.4 Å². The molecule has 6 heteroatoms. The highest BCUT2D eigenvalue weighted by Gasteiger charge is 2.27. The zero-order valence-corrected chi connectivity index (χ0v) is 11.3. The summed E-state index contributed by atoms with van der Waals surface area (Å²) in [5.74, 6) is 0.125. The van der Waals surface area contributed by atoms with E-state index in [0.29, 0.717) is 31.2 Å². The van der Waals surface area contributed by atoms with Gasteiger partial charge in [0.2, 0.25) is 11.8 Å². The monoisotopic (exact) mass is 278 g/mol. The van der Waals surface area contributed by atoms with Crippen molar-refractivity contribution in [2.24, 2.45) is 5.92 Å². The topological polar surface area (TPSA) is 76.7 Å². The first-order valence-electron chi connectivity index (χ1n) is 6.48. The molecule has 1 saturated heterocycles. The van der Waals surface area contributed by atoms with Crippen LogP contribution in [0, 0.1) is 5.92 Å². The van der Waals surface area contributed by atoms with E-state index in [0.717, 1.165) is 0 Å². The summed E-state index contributed by atoms with van der Waals surface area (Å²) in [5, 5.41) is 5.44. The van der Waals surface area contributed by atoms with Crippen molar-refractivity contribution >= 4 is 17.5 Å². The van der Waals surface area contributed by atoms with Crippen molar-refractivity contribution in [2.45, 2.75) is 6.42 Å². The standard InChI is InChI=1S/C14H18N2O4/c1-19-5-6-20-12-4-2-3-11(8-12)16-14(18)10-7-13(17)15-9-10/h2-4,8,10H,5-7,9H2,1H3,(H,15,17)(H,16,18). The Labute approximate surface area is 117 Å². The number of hydrogen-bond acceptors (Lipinski definition) is 4. The van der Waals surface area contributed by atoms with Crippen molar-refractivity contribution in [2.75, 3.05) is 32.2 Å². The zero-order valence-electron chi connectivity index (χ0n) is 11.3. The maximum atomic E-state index is 12.0. The number of amides is 2. The van der Waals surface area contributed by atoms with E-state index in [9.17, 15) is 9.59 Å². The number of anilines is 1. The molecule has 20 heavy (non-hydrogen) atoms. The van der Waals surface area contributed by atoms with Crippen LogP contribution in [0.15, 0.2) is 24.3 Å². The average molecular weight is 278 g/mol. The van der Waals surface area contributed by atoms with Crippen LogP contribution in [0.3, 0.4) is 0 Å². The molecule has 1 heterocycles. The van der Waals surface area contributed by atoms with Crippen LogP contribution in [-0.2, 0) is 14.3 Å². The predicted octanol–water partition coefficient (Wildman–Crippen LogP) is 0.786. The van der Waals surface area contributed by atoms with E-state index in [-0.39, 0.29) is 24.2 Å². The highest BCUT2D eigenvalue weighted by molar-refractivity contribution is 5.97. The molecule has 0 aromatic heterocycles. The molecule has 0 radical (unpaired) electrons. The van der Waals surface area contributed by atoms with Crippen molar-refractivity contribution in [3.05, 3.63) is 24.3 Å². The lowest BCUT2D eigenvalue weighted by molar-refractivity contribution is -0.123. The van der Waals surface area contributed by atoms with E-state index in [4.69, 9.17) is 9.47 Å². The summed E-state index contributed by atoms with van der Waals surface area (Å²) in [6.07, 6.45) is 0.246. The van der Waals surface area contributed by atoms with E-state index >= 15 is 0 Å². The quantitative estimate of drug-likeness (QED) is 0.754. The molecule has 0 bridgehead atoms. The second-order valence-corrected chi connectivity index (χ2v) is 4.56. The molecule has 0 saturated carbocycles. The molecule has 6 nitrogen and oxygen atoms in total. The summed E-state index contributed by atoms with van der Waals surface area (Å²) in [4.78, 5) is 23.1. The maximum absolute atomic E-state index is 12.0. The number of ether oxygens (including phenoxy) is 2. The number of hydrogen-bond donors (Lipinski definition) is 2. The molecule has 2 amide bonds. The van der Waals surface area contributed by atoms with Gasteiger partial charge in [-0.1, -0.05) is 6.07 Å². The largest absolute Gasteiger partial charge is 0.491 e. The highest BCUT2D eigenvalue weighted by Crippen LogP contribution is 2.19. The summed E-state index contributed by atoms with van der Waals surface area (Å²) < 4.78 is 10.4. The molecule has 0 aliphatic carbocycles. The van der Waals surface area contributed by atoms with Crippen LogP contribution in [0.2, 0.25) is 0 Å². The molecular weight excluding hydrogens is 260 g/mol. The molecule has 2 rings (SSSR count). The zero-order chi connectivity index (χ0) is 14.4. The predicted molar refractivity (Wildman–Crippen MR) is 73.6 cm³/mol. The first kappa shape index (κ1) is 14.3. The van der Waals surface area contributed by atoms with Crippen LogP contribution in [0.5, 0.6) is 5.75 Å². The van der Waals surface area contributed by atoms with Crippen molar-refractivity contribution < 1.29 is 19.1 Å². The second-order valence-electron chi connectivity index (χ2n) is 4.56. The first-order valence-corrected chi connectivity index (χ1v) is 6.48. The van der Waals surface area contributed by atoms with E-state index in [1.165, 1.54) is 0 Å². The van der Waals surface area contributed by atoms with Gasteiger partial charge in [0, 0.05) is 31.8 Å². The van der Waals surface area contributed by atoms with Gasteiger partial charge in [-0.3, -0.25) is 9.59 Å². The summed E-state index contributed by atoms with van der Waals surface area (Å²) in [7, 11) is 1.61. The van der Waals surface area contributed by atoms with Crippen molar-refractivity contribution in [3.63, 3.8) is 0 Å². The van der Waals surface area contributed by atoms with Gasteiger partial charge in [0.15, 0.2) is 0 Å². The number of benzene rings is 1. The molecule has 1 atom stereocenters. The summed E-state index contributed by atoms with van der Waals surface area (Å²) in [6.45, 7) is 1.36. The van der Waals surface area contributed by atoms with Crippen molar-refractivity contribution in [3.8, 4) is 5.75 Å². The van der Waals surface area contributed by atoms with Gasteiger partial charge in [0.05, 0.1) is 12.5 Å². The maximum Gasteiger partial charge on any atom is 0.229 e. The summed E-state index contributed by atoms with van der Waals surface area (Å²) in [5.41, 5.74) is 0.657. The lowest BCUT2D eigenvalue weighted by Crippen LogP contribution is -2.24. The number of carbonyl (C=O) groups is 2. The number of carbonyl (C=O) groups excluding carboxylic acids is 2. The molecule has 1 aliphatic rings. The third kappa shape index (κ3) is 3.96. The van der Waals surface area contributed by atoms with E-state index < -0.39 is 0 Å². The number of nitrogens with one attached hydrogen (secondary N) is 2. The van der Waals surface area contributed by atoms with Crippen LogP contribution >= 0.6 is 0 Å². The Morgan fingerprint density at radius 1 is 1.45 bits per heavy atom. The van der Waals surface area contributed by atoms with E-state index in [1.807, 2.05) is 6.07 Å². The van der Waals surface area contributed by atoms with Gasteiger partial charge < -0.3 is 20.1 Å². The molecule has 1 fully saturated rings. The van der Waals surface area contributed by atoms with Gasteiger partial charge in [0.25, 0.3) is 0 Å². The second kappa shape index (κ2) is 6.91. The van der Waals surface area contributed by atoms with Crippen LogP contribution in [0.1, 0.15) is 6.42 Å². The van der Waals surface area contributed by atoms with Crippen LogP contribution in [0.4, 0.5) is 5.69 Å². The minimum atomic E-state index is -0.305. The minimum Gasteiger partial charge on any atom is -0.491 e. The smallest absolute Gasteiger partial charge is 0.229 e. The SMILES string of the molecule is COCCOc1cccc(NC(=O)C2CNC(=O)C2)c1. The van der Waals surface area contributed by atoms with Gasteiger partial charge >= 0.3 is 0 Å². The highest BCUT2D eigenvalue weighted by atomic mass is 16.5. The Balaban J connectivity index is 1.90. The normalized spacial score (nSPS) is 17.6. The molecular formula is C14H18N2O4. The van der Waals surface area contributed by atoms with Crippen LogP contribution in [-0.4, -0.2) is 38.7 Å². The lowest BCUT2D eigenvalue weighted by atomic mass is 10.1. The van der Waals surface area contributed by atoms with E-state index in [1.54, 1.807) is 25.3 Å². The molecule has 1 unspecified atom stereocenters. The Hall–Kier alpha value is -2.08. The third-order valence-corrected chi connectivity index (χ3v) is 3.01. The van der Waals surface area contributed by atoms with Gasteiger partial charge in [-0.05, 0) is 12.1 Å². The summed E-state index contributed by atoms with van der Waals surface area (Å²) in [6, 6.07) is 7.14. The third-order valence-electron chi connectivity index (χ3n) is 3.01. The molecule has 1 aromatic rings.